The van der Waals surface area contributed by atoms with Gasteiger partial charge in [0.05, 0.1) is 11.2 Å². The summed E-state index contributed by atoms with van der Waals surface area (Å²) in [5.41, 5.74) is 2.71. The SMILES string of the molecule is C[C@@H]1OC(=O)NC1C(=O)N[C@@H](C)Cc1cscn1. The molecule has 2 amide bonds. The van der Waals surface area contributed by atoms with Gasteiger partial charge in [0.15, 0.2) is 0 Å². The van der Waals surface area contributed by atoms with Gasteiger partial charge >= 0.3 is 6.09 Å². The average molecular weight is 269 g/mol. The molecule has 2 N–H and O–H groups in total. The quantitative estimate of drug-likeness (QED) is 0.842. The van der Waals surface area contributed by atoms with Gasteiger partial charge in [-0.25, -0.2) is 9.78 Å². The molecule has 1 aliphatic heterocycles. The first-order valence-corrected chi connectivity index (χ1v) is 6.65. The van der Waals surface area contributed by atoms with Crippen LogP contribution in [0.5, 0.6) is 0 Å². The maximum absolute atomic E-state index is 11.9. The van der Waals surface area contributed by atoms with Crippen LogP contribution in [-0.4, -0.2) is 35.2 Å². The molecule has 2 heterocycles. The lowest BCUT2D eigenvalue weighted by molar-refractivity contribution is -0.124. The van der Waals surface area contributed by atoms with Crippen LogP contribution in [0.15, 0.2) is 10.9 Å². The van der Waals surface area contributed by atoms with Gasteiger partial charge in [0.2, 0.25) is 5.91 Å². The number of thiazole rings is 1. The zero-order valence-corrected chi connectivity index (χ0v) is 11.0. The van der Waals surface area contributed by atoms with Gasteiger partial charge in [-0.1, -0.05) is 0 Å². The molecule has 0 bridgehead atoms. The lowest BCUT2D eigenvalue weighted by atomic mass is 10.1. The number of nitrogens with one attached hydrogen (secondary N) is 2. The smallest absolute Gasteiger partial charge is 0.408 e. The maximum atomic E-state index is 11.9. The van der Waals surface area contributed by atoms with E-state index in [1.54, 1.807) is 12.4 Å². The van der Waals surface area contributed by atoms with Crippen molar-refractivity contribution in [2.75, 3.05) is 0 Å². The number of amides is 2. The summed E-state index contributed by atoms with van der Waals surface area (Å²) in [6.45, 7) is 3.59. The molecule has 1 aromatic rings. The van der Waals surface area contributed by atoms with E-state index >= 15 is 0 Å². The first-order valence-electron chi connectivity index (χ1n) is 5.71. The van der Waals surface area contributed by atoms with E-state index in [2.05, 4.69) is 15.6 Å². The van der Waals surface area contributed by atoms with Crippen molar-refractivity contribution in [2.45, 2.75) is 38.5 Å². The van der Waals surface area contributed by atoms with Gasteiger partial charge in [-0.05, 0) is 13.8 Å². The van der Waals surface area contributed by atoms with Crippen molar-refractivity contribution in [3.05, 3.63) is 16.6 Å². The second kappa shape index (κ2) is 5.34. The normalized spacial score (nSPS) is 24.2. The molecule has 1 unspecified atom stereocenters. The Morgan fingerprint density at radius 1 is 1.72 bits per heavy atom. The molecule has 6 nitrogen and oxygen atoms in total. The summed E-state index contributed by atoms with van der Waals surface area (Å²) >= 11 is 1.53. The number of alkyl carbamates (subject to hydrolysis) is 1. The standard InChI is InChI=1S/C11H15N3O3S/c1-6(3-8-4-18-5-12-8)13-10(15)9-7(2)17-11(16)14-9/h4-7,9H,3H2,1-2H3,(H,13,15)(H,14,16)/t6-,7-,9?/m0/s1. The molecular weight excluding hydrogens is 254 g/mol. The van der Waals surface area contributed by atoms with Crippen molar-refractivity contribution in [2.24, 2.45) is 0 Å². The van der Waals surface area contributed by atoms with E-state index in [1.165, 1.54) is 11.3 Å². The summed E-state index contributed by atoms with van der Waals surface area (Å²) in [5.74, 6) is -0.226. The van der Waals surface area contributed by atoms with Gasteiger partial charge in [0.25, 0.3) is 0 Å². The van der Waals surface area contributed by atoms with Gasteiger partial charge in [-0.2, -0.15) is 0 Å². The van der Waals surface area contributed by atoms with Crippen molar-refractivity contribution >= 4 is 23.3 Å². The largest absolute Gasteiger partial charge is 0.444 e. The Hall–Kier alpha value is -1.63. The van der Waals surface area contributed by atoms with Crippen molar-refractivity contribution in [1.29, 1.82) is 0 Å². The highest BCUT2D eigenvalue weighted by Crippen LogP contribution is 2.09. The molecule has 0 radical (unpaired) electrons. The Balaban J connectivity index is 1.85. The number of rotatable bonds is 4. The van der Waals surface area contributed by atoms with E-state index in [-0.39, 0.29) is 11.9 Å². The maximum Gasteiger partial charge on any atom is 0.408 e. The molecule has 3 atom stereocenters. The highest BCUT2D eigenvalue weighted by atomic mass is 32.1. The number of aromatic nitrogens is 1. The average Bonchev–Trinajstić information content (AvgIpc) is 2.88. The Morgan fingerprint density at radius 2 is 2.50 bits per heavy atom. The lowest BCUT2D eigenvalue weighted by Gasteiger charge is -2.17. The van der Waals surface area contributed by atoms with Crippen LogP contribution in [0.1, 0.15) is 19.5 Å². The molecule has 1 fully saturated rings. The van der Waals surface area contributed by atoms with E-state index < -0.39 is 18.2 Å². The molecule has 18 heavy (non-hydrogen) atoms. The van der Waals surface area contributed by atoms with E-state index in [0.29, 0.717) is 6.42 Å². The summed E-state index contributed by atoms with van der Waals surface area (Å²) in [5, 5.41) is 7.27. The fourth-order valence-electron chi connectivity index (χ4n) is 1.83. The first-order chi connectivity index (χ1) is 8.56. The first kappa shape index (κ1) is 12.8. The van der Waals surface area contributed by atoms with E-state index in [0.717, 1.165) is 5.69 Å². The lowest BCUT2D eigenvalue weighted by Crippen LogP contribution is -2.48. The van der Waals surface area contributed by atoms with Crippen molar-refractivity contribution in [3.8, 4) is 0 Å². The summed E-state index contributed by atoms with van der Waals surface area (Å²) < 4.78 is 4.86. The van der Waals surface area contributed by atoms with Crippen molar-refractivity contribution < 1.29 is 14.3 Å². The summed E-state index contributed by atoms with van der Waals surface area (Å²) in [4.78, 5) is 27.1. The van der Waals surface area contributed by atoms with Gasteiger partial charge < -0.3 is 15.4 Å². The molecule has 0 aromatic carbocycles. The highest BCUT2D eigenvalue weighted by Gasteiger charge is 2.36. The second-order valence-corrected chi connectivity index (χ2v) is 5.04. The van der Waals surface area contributed by atoms with Crippen LogP contribution in [0, 0.1) is 0 Å². The summed E-state index contributed by atoms with van der Waals surface area (Å²) in [6, 6.07) is -0.653. The number of carbonyl (C=O) groups excluding carboxylic acids is 2. The number of hydrogen-bond donors (Lipinski definition) is 2. The van der Waals surface area contributed by atoms with Crippen LogP contribution in [0.25, 0.3) is 0 Å². The Morgan fingerprint density at radius 3 is 3.06 bits per heavy atom. The van der Waals surface area contributed by atoms with Crippen LogP contribution in [0.2, 0.25) is 0 Å². The fourth-order valence-corrected chi connectivity index (χ4v) is 2.40. The van der Waals surface area contributed by atoms with Gasteiger partial charge in [0.1, 0.15) is 12.1 Å². The molecule has 2 rings (SSSR count). The molecule has 0 saturated carbocycles. The van der Waals surface area contributed by atoms with Crippen molar-refractivity contribution in [1.82, 2.24) is 15.6 Å². The molecule has 7 heteroatoms. The summed E-state index contributed by atoms with van der Waals surface area (Å²) in [7, 11) is 0. The van der Waals surface area contributed by atoms with E-state index in [4.69, 9.17) is 4.74 Å². The molecule has 1 aliphatic rings. The van der Waals surface area contributed by atoms with Gasteiger partial charge in [0, 0.05) is 17.8 Å². The minimum atomic E-state index is -0.615. The molecule has 1 aromatic heterocycles. The number of hydrogen-bond acceptors (Lipinski definition) is 5. The fraction of sp³-hybridized carbons (Fsp3) is 0.545. The number of ether oxygens (including phenoxy) is 1. The van der Waals surface area contributed by atoms with E-state index in [1.807, 2.05) is 12.3 Å². The van der Waals surface area contributed by atoms with Gasteiger partial charge in [-0.3, -0.25) is 4.79 Å². The van der Waals surface area contributed by atoms with Crippen LogP contribution >= 0.6 is 11.3 Å². The summed E-state index contributed by atoms with van der Waals surface area (Å²) in [6.07, 6.45) is -0.315. The van der Waals surface area contributed by atoms with E-state index in [9.17, 15) is 9.59 Å². The predicted octanol–water partition coefficient (Wildman–Crippen LogP) is 0.687. The third-order valence-corrected chi connectivity index (χ3v) is 3.34. The van der Waals surface area contributed by atoms with Gasteiger partial charge in [-0.15, -0.1) is 11.3 Å². The third kappa shape index (κ3) is 2.98. The molecule has 0 aliphatic carbocycles. The van der Waals surface area contributed by atoms with Crippen LogP contribution in [0.4, 0.5) is 4.79 Å². The van der Waals surface area contributed by atoms with Crippen molar-refractivity contribution in [3.63, 3.8) is 0 Å². The number of nitrogens with zero attached hydrogens (tertiary/aromatic N) is 1. The Bertz CT molecular complexity index is 435. The predicted molar refractivity (Wildman–Crippen MR) is 66.3 cm³/mol. The monoisotopic (exact) mass is 269 g/mol. The van der Waals surface area contributed by atoms with Crippen LogP contribution in [-0.2, 0) is 16.0 Å². The highest BCUT2D eigenvalue weighted by molar-refractivity contribution is 7.07. The topological polar surface area (TPSA) is 80.3 Å². The number of carbonyl (C=O) groups is 2. The minimum absolute atomic E-state index is 0.0377. The molecular formula is C11H15N3O3S. The second-order valence-electron chi connectivity index (χ2n) is 4.33. The molecule has 98 valence electrons. The zero-order valence-electron chi connectivity index (χ0n) is 10.2. The third-order valence-electron chi connectivity index (χ3n) is 2.71. The Kier molecular flexibility index (Phi) is 3.81. The minimum Gasteiger partial charge on any atom is -0.444 e. The Labute approximate surface area is 109 Å². The molecule has 0 spiro atoms. The number of cyclic esters (lactones) is 1. The zero-order chi connectivity index (χ0) is 13.1. The van der Waals surface area contributed by atoms with Crippen LogP contribution < -0.4 is 10.6 Å². The van der Waals surface area contributed by atoms with Crippen LogP contribution in [0.3, 0.4) is 0 Å². The molecule has 1 saturated heterocycles.